The Balaban J connectivity index is 0.000000296. The monoisotopic (exact) mass is 565 g/mol. The van der Waals surface area contributed by atoms with Gasteiger partial charge in [-0.05, 0) is 74.7 Å². The number of amidine groups is 1. The molecule has 2 aliphatic rings. The normalized spacial score (nSPS) is 15.3. The lowest BCUT2D eigenvalue weighted by atomic mass is 9.92. The van der Waals surface area contributed by atoms with Crippen molar-refractivity contribution < 1.29 is 22.0 Å². The van der Waals surface area contributed by atoms with Gasteiger partial charge in [0.25, 0.3) is 0 Å². The van der Waals surface area contributed by atoms with Gasteiger partial charge in [0.05, 0.1) is 23.8 Å². The molecule has 0 aromatic heterocycles. The van der Waals surface area contributed by atoms with Crippen LogP contribution in [0.4, 0.5) is 22.0 Å². The standard InChI is InChI=1S/C25H25F2N3.C8H7F3/c1-16(2)29-14-13-23-17(3)30(18(4)28-24(23)15-29)25(19-5-9-21(26)10-6-19)20-7-11-22(27)12-8-20;1-6-2-4-7(5-3-6)8(9,10)11/h5-12,25H,1,3,13-15H2,2,4H3;2-5H,1H3. The van der Waals surface area contributed by atoms with E-state index in [4.69, 9.17) is 4.99 Å². The molecule has 0 N–H and O–H groups in total. The molecule has 0 saturated heterocycles. The Labute approximate surface area is 237 Å². The minimum Gasteiger partial charge on any atom is -0.369 e. The molecule has 2 heterocycles. The summed E-state index contributed by atoms with van der Waals surface area (Å²) in [6.45, 7) is 15.7. The lowest BCUT2D eigenvalue weighted by molar-refractivity contribution is -0.137. The zero-order valence-electron chi connectivity index (χ0n) is 23.3. The lowest BCUT2D eigenvalue weighted by Crippen LogP contribution is -2.40. The SMILES string of the molecule is C=C(C)N1CCC2=C(C1)N=C(C)N(C(c1ccc(F)cc1)c1ccc(F)cc1)C2=C.Cc1ccc(C(F)(F)F)cc1. The van der Waals surface area contributed by atoms with Crippen molar-refractivity contribution in [2.24, 2.45) is 4.99 Å². The topological polar surface area (TPSA) is 18.8 Å². The number of benzene rings is 3. The summed E-state index contributed by atoms with van der Waals surface area (Å²) in [6, 6.07) is 17.6. The molecule has 5 rings (SSSR count). The Morgan fingerprint density at radius 3 is 1.83 bits per heavy atom. The van der Waals surface area contributed by atoms with E-state index in [1.807, 2.05) is 13.8 Å². The minimum absolute atomic E-state index is 0.282. The summed E-state index contributed by atoms with van der Waals surface area (Å²) in [4.78, 5) is 9.20. The maximum absolute atomic E-state index is 13.6. The number of aryl methyl sites for hydroxylation is 1. The summed E-state index contributed by atoms with van der Waals surface area (Å²) >= 11 is 0. The molecule has 2 aliphatic heterocycles. The average Bonchev–Trinajstić information content (AvgIpc) is 2.92. The molecule has 0 saturated carbocycles. The summed E-state index contributed by atoms with van der Waals surface area (Å²) in [6.07, 6.45) is -3.39. The van der Waals surface area contributed by atoms with Gasteiger partial charge in [0.15, 0.2) is 0 Å². The van der Waals surface area contributed by atoms with E-state index in [1.54, 1.807) is 31.2 Å². The molecule has 0 unspecified atom stereocenters. The first kappa shape index (κ1) is 29.8. The zero-order valence-corrected chi connectivity index (χ0v) is 23.3. The highest BCUT2D eigenvalue weighted by Crippen LogP contribution is 2.40. The molecule has 0 atom stereocenters. The second kappa shape index (κ2) is 12.1. The fourth-order valence-electron chi connectivity index (χ4n) is 4.94. The smallest absolute Gasteiger partial charge is 0.369 e. The largest absolute Gasteiger partial charge is 0.416 e. The minimum atomic E-state index is -4.21. The van der Waals surface area contributed by atoms with Gasteiger partial charge in [-0.2, -0.15) is 13.2 Å². The lowest BCUT2D eigenvalue weighted by Gasteiger charge is -2.42. The molecule has 3 aromatic rings. The molecule has 0 spiro atoms. The van der Waals surface area contributed by atoms with E-state index in [0.717, 1.165) is 70.3 Å². The average molecular weight is 566 g/mol. The molecule has 3 aromatic carbocycles. The van der Waals surface area contributed by atoms with E-state index in [1.165, 1.54) is 36.4 Å². The molecule has 0 amide bonds. The van der Waals surface area contributed by atoms with Crippen molar-refractivity contribution >= 4 is 5.84 Å². The van der Waals surface area contributed by atoms with Gasteiger partial charge in [0, 0.05) is 23.5 Å². The van der Waals surface area contributed by atoms with Crippen molar-refractivity contribution in [3.05, 3.63) is 143 Å². The number of aliphatic imine (C=N–C) groups is 1. The Bertz CT molecular complexity index is 1420. The van der Waals surface area contributed by atoms with Crippen molar-refractivity contribution in [3.8, 4) is 0 Å². The van der Waals surface area contributed by atoms with E-state index in [9.17, 15) is 22.0 Å². The van der Waals surface area contributed by atoms with Crippen LogP contribution in [-0.2, 0) is 6.18 Å². The molecule has 3 nitrogen and oxygen atoms in total. The number of nitrogens with zero attached hydrogens (tertiary/aromatic N) is 3. The van der Waals surface area contributed by atoms with Crippen LogP contribution in [0.15, 0.2) is 114 Å². The fraction of sp³-hybridized carbons (Fsp3) is 0.242. The van der Waals surface area contributed by atoms with Crippen LogP contribution in [-0.4, -0.2) is 28.7 Å². The van der Waals surface area contributed by atoms with E-state index >= 15 is 0 Å². The number of hydrogen-bond donors (Lipinski definition) is 0. The summed E-state index contributed by atoms with van der Waals surface area (Å²) in [5.41, 5.74) is 6.08. The molecule has 0 aliphatic carbocycles. The van der Waals surface area contributed by atoms with Crippen LogP contribution in [0, 0.1) is 18.6 Å². The van der Waals surface area contributed by atoms with Crippen LogP contribution in [0.5, 0.6) is 0 Å². The van der Waals surface area contributed by atoms with Crippen molar-refractivity contribution in [2.45, 2.75) is 39.4 Å². The Morgan fingerprint density at radius 2 is 1.37 bits per heavy atom. The highest BCUT2D eigenvalue weighted by Gasteiger charge is 2.33. The molecule has 0 bridgehead atoms. The Kier molecular flexibility index (Phi) is 8.80. The molecule has 41 heavy (non-hydrogen) atoms. The number of allylic oxidation sites excluding steroid dienone is 2. The second-order valence-electron chi connectivity index (χ2n) is 10.2. The fourth-order valence-corrected chi connectivity index (χ4v) is 4.94. The van der Waals surface area contributed by atoms with Crippen LogP contribution < -0.4 is 0 Å². The van der Waals surface area contributed by atoms with Gasteiger partial charge in [-0.3, -0.25) is 0 Å². The van der Waals surface area contributed by atoms with Crippen LogP contribution in [0.2, 0.25) is 0 Å². The first-order valence-electron chi connectivity index (χ1n) is 13.2. The van der Waals surface area contributed by atoms with Gasteiger partial charge in [-0.15, -0.1) is 0 Å². The Hall–Kier alpha value is -4.20. The van der Waals surface area contributed by atoms with E-state index in [2.05, 4.69) is 23.0 Å². The Morgan fingerprint density at radius 1 is 0.854 bits per heavy atom. The van der Waals surface area contributed by atoms with Crippen LogP contribution in [0.1, 0.15) is 48.6 Å². The molecular formula is C33H32F5N3. The van der Waals surface area contributed by atoms with Crippen LogP contribution in [0.3, 0.4) is 0 Å². The molecule has 8 heteroatoms. The molecule has 0 radical (unpaired) electrons. The first-order chi connectivity index (χ1) is 19.3. The summed E-state index contributed by atoms with van der Waals surface area (Å²) in [5, 5.41) is 0. The summed E-state index contributed by atoms with van der Waals surface area (Å²) < 4.78 is 63.0. The van der Waals surface area contributed by atoms with Gasteiger partial charge < -0.3 is 9.80 Å². The summed E-state index contributed by atoms with van der Waals surface area (Å²) in [7, 11) is 0. The van der Waals surface area contributed by atoms with E-state index < -0.39 is 11.7 Å². The van der Waals surface area contributed by atoms with E-state index in [-0.39, 0.29) is 17.7 Å². The molecule has 0 fully saturated rings. The predicted molar refractivity (Wildman–Crippen MR) is 153 cm³/mol. The van der Waals surface area contributed by atoms with Gasteiger partial charge in [0.1, 0.15) is 17.5 Å². The first-order valence-corrected chi connectivity index (χ1v) is 13.2. The third kappa shape index (κ3) is 6.93. The van der Waals surface area contributed by atoms with Gasteiger partial charge in [-0.25, -0.2) is 13.8 Å². The third-order valence-corrected chi connectivity index (χ3v) is 7.15. The highest BCUT2D eigenvalue weighted by atomic mass is 19.4. The van der Waals surface area contributed by atoms with Gasteiger partial charge >= 0.3 is 6.18 Å². The highest BCUT2D eigenvalue weighted by molar-refractivity contribution is 5.86. The van der Waals surface area contributed by atoms with Gasteiger partial charge in [0.2, 0.25) is 0 Å². The number of halogens is 5. The molecule has 214 valence electrons. The zero-order chi connectivity index (χ0) is 29.9. The molecular weight excluding hydrogens is 533 g/mol. The van der Waals surface area contributed by atoms with E-state index in [0.29, 0.717) is 6.54 Å². The predicted octanol–water partition coefficient (Wildman–Crippen LogP) is 8.81. The number of alkyl halides is 3. The number of hydrogen-bond acceptors (Lipinski definition) is 3. The second-order valence-corrected chi connectivity index (χ2v) is 10.2. The van der Waals surface area contributed by atoms with Crippen molar-refractivity contribution in [2.75, 3.05) is 13.1 Å². The van der Waals surface area contributed by atoms with Crippen LogP contribution >= 0.6 is 0 Å². The summed E-state index contributed by atoms with van der Waals surface area (Å²) in [5.74, 6) is 0.217. The van der Waals surface area contributed by atoms with Crippen LogP contribution in [0.25, 0.3) is 0 Å². The maximum atomic E-state index is 13.6. The van der Waals surface area contributed by atoms with Gasteiger partial charge in [-0.1, -0.05) is 55.1 Å². The third-order valence-electron chi connectivity index (χ3n) is 7.15. The van der Waals surface area contributed by atoms with Crippen molar-refractivity contribution in [3.63, 3.8) is 0 Å². The maximum Gasteiger partial charge on any atom is 0.416 e. The van der Waals surface area contributed by atoms with Crippen molar-refractivity contribution in [1.29, 1.82) is 0 Å². The van der Waals surface area contributed by atoms with Crippen molar-refractivity contribution in [1.82, 2.24) is 9.80 Å². The quantitative estimate of drug-likeness (QED) is 0.295. The number of rotatable bonds is 4.